The Bertz CT molecular complexity index is 472. The fourth-order valence-corrected chi connectivity index (χ4v) is 2.44. The van der Waals surface area contributed by atoms with Crippen LogP contribution in [0.15, 0.2) is 24.4 Å². The van der Waals surface area contributed by atoms with Gasteiger partial charge in [0.05, 0.1) is 31.6 Å². The molecule has 1 aliphatic heterocycles. The van der Waals surface area contributed by atoms with Crippen molar-refractivity contribution in [1.82, 2.24) is 20.1 Å². The van der Waals surface area contributed by atoms with Gasteiger partial charge >= 0.3 is 6.03 Å². The number of carbonyl (C=O) groups excluding carboxylic acids is 1. The van der Waals surface area contributed by atoms with E-state index in [-0.39, 0.29) is 12.1 Å². The number of aromatic nitrogens is 1. The van der Waals surface area contributed by atoms with Crippen LogP contribution in [0.1, 0.15) is 5.69 Å². The van der Waals surface area contributed by atoms with Crippen LogP contribution in [-0.4, -0.2) is 80.5 Å². The smallest absolute Gasteiger partial charge is 0.317 e. The highest BCUT2D eigenvalue weighted by Crippen LogP contribution is 2.04. The van der Waals surface area contributed by atoms with E-state index in [0.717, 1.165) is 18.8 Å². The van der Waals surface area contributed by atoms with Crippen molar-refractivity contribution in [3.8, 4) is 0 Å². The van der Waals surface area contributed by atoms with Crippen molar-refractivity contribution in [3.05, 3.63) is 30.1 Å². The van der Waals surface area contributed by atoms with Crippen molar-refractivity contribution in [2.24, 2.45) is 0 Å². The van der Waals surface area contributed by atoms with Gasteiger partial charge in [0.15, 0.2) is 0 Å². The third-order valence-electron chi connectivity index (χ3n) is 3.75. The lowest BCUT2D eigenvalue weighted by molar-refractivity contribution is -0.0173. The predicted molar refractivity (Wildman–Crippen MR) is 87.2 cm³/mol. The number of rotatable bonds is 7. The molecule has 2 rings (SSSR count). The summed E-state index contributed by atoms with van der Waals surface area (Å²) in [5.74, 6) is 0. The van der Waals surface area contributed by atoms with Crippen molar-refractivity contribution in [1.29, 1.82) is 0 Å². The molecule has 7 nitrogen and oxygen atoms in total. The molecule has 0 radical (unpaired) electrons. The first kappa shape index (κ1) is 17.7. The highest BCUT2D eigenvalue weighted by atomic mass is 16.5. The molecule has 0 spiro atoms. The highest BCUT2D eigenvalue weighted by Gasteiger charge is 2.20. The first-order valence-corrected chi connectivity index (χ1v) is 7.91. The zero-order chi connectivity index (χ0) is 16.5. The Labute approximate surface area is 137 Å². The molecule has 0 saturated carbocycles. The molecule has 23 heavy (non-hydrogen) atoms. The Hall–Kier alpha value is -1.70. The number of hydrogen-bond donors (Lipinski definition) is 1. The second kappa shape index (κ2) is 9.44. The summed E-state index contributed by atoms with van der Waals surface area (Å²) in [5, 5.41) is 2.95. The van der Waals surface area contributed by atoms with Gasteiger partial charge < -0.3 is 24.6 Å². The molecule has 128 valence electrons. The zero-order valence-electron chi connectivity index (χ0n) is 13.9. The standard InChI is InChI=1S/C16H26N4O3/c1-19-7-10-23-15(13-19)11-18-16(21)20(8-9-22-2)12-14-5-3-4-6-17-14/h3-6,15H,7-13H2,1-2H3,(H,18,21). The normalized spacial score (nSPS) is 18.6. The fourth-order valence-electron chi connectivity index (χ4n) is 2.44. The first-order valence-electron chi connectivity index (χ1n) is 7.91. The third kappa shape index (κ3) is 6.13. The number of pyridine rings is 1. The average molecular weight is 322 g/mol. The number of likely N-dealkylation sites (N-methyl/N-ethyl adjacent to an activating group) is 1. The summed E-state index contributed by atoms with van der Waals surface area (Å²) in [6, 6.07) is 5.57. The van der Waals surface area contributed by atoms with Gasteiger partial charge in [0.2, 0.25) is 0 Å². The lowest BCUT2D eigenvalue weighted by Gasteiger charge is -2.31. The summed E-state index contributed by atoms with van der Waals surface area (Å²) in [6.07, 6.45) is 1.77. The molecule has 7 heteroatoms. The van der Waals surface area contributed by atoms with Crippen LogP contribution in [0.3, 0.4) is 0 Å². The average Bonchev–Trinajstić information content (AvgIpc) is 2.57. The van der Waals surface area contributed by atoms with Crippen LogP contribution >= 0.6 is 0 Å². The molecule has 1 unspecified atom stereocenters. The molecule has 0 aromatic carbocycles. The molecular formula is C16H26N4O3. The van der Waals surface area contributed by atoms with Gasteiger partial charge in [0, 0.05) is 39.5 Å². The van der Waals surface area contributed by atoms with Gasteiger partial charge in [-0.2, -0.15) is 0 Å². The van der Waals surface area contributed by atoms with Crippen LogP contribution in [0.5, 0.6) is 0 Å². The molecule has 1 aromatic heterocycles. The van der Waals surface area contributed by atoms with E-state index in [0.29, 0.717) is 32.8 Å². The van der Waals surface area contributed by atoms with Gasteiger partial charge in [0.25, 0.3) is 0 Å². The summed E-state index contributed by atoms with van der Waals surface area (Å²) in [5.41, 5.74) is 0.854. The number of nitrogens with one attached hydrogen (secondary N) is 1. The lowest BCUT2D eigenvalue weighted by atomic mass is 10.3. The Morgan fingerprint density at radius 1 is 1.57 bits per heavy atom. The summed E-state index contributed by atoms with van der Waals surface area (Å²) >= 11 is 0. The summed E-state index contributed by atoms with van der Waals surface area (Å²) in [4.78, 5) is 20.6. The quantitative estimate of drug-likeness (QED) is 0.795. The monoisotopic (exact) mass is 322 g/mol. The van der Waals surface area contributed by atoms with E-state index < -0.39 is 0 Å². The van der Waals surface area contributed by atoms with Crippen LogP contribution < -0.4 is 5.32 Å². The van der Waals surface area contributed by atoms with Crippen LogP contribution in [0.25, 0.3) is 0 Å². The molecule has 2 amide bonds. The van der Waals surface area contributed by atoms with Crippen LogP contribution in [0, 0.1) is 0 Å². The summed E-state index contributed by atoms with van der Waals surface area (Å²) < 4.78 is 10.8. The molecule has 1 aliphatic rings. The fraction of sp³-hybridized carbons (Fsp3) is 0.625. The van der Waals surface area contributed by atoms with E-state index in [4.69, 9.17) is 9.47 Å². The van der Waals surface area contributed by atoms with Gasteiger partial charge in [-0.25, -0.2) is 4.79 Å². The van der Waals surface area contributed by atoms with Gasteiger partial charge in [-0.3, -0.25) is 4.98 Å². The highest BCUT2D eigenvalue weighted by molar-refractivity contribution is 5.74. The molecule has 0 aliphatic carbocycles. The number of hydrogen-bond acceptors (Lipinski definition) is 5. The Morgan fingerprint density at radius 2 is 2.43 bits per heavy atom. The van der Waals surface area contributed by atoms with Crippen molar-refractivity contribution >= 4 is 6.03 Å². The lowest BCUT2D eigenvalue weighted by Crippen LogP contribution is -2.49. The minimum absolute atomic E-state index is 0.0387. The molecule has 1 N–H and O–H groups in total. The topological polar surface area (TPSA) is 66.9 Å². The number of ether oxygens (including phenoxy) is 2. The number of nitrogens with zero attached hydrogens (tertiary/aromatic N) is 3. The second-order valence-corrected chi connectivity index (χ2v) is 5.68. The summed E-state index contributed by atoms with van der Waals surface area (Å²) in [7, 11) is 3.69. The van der Waals surface area contributed by atoms with E-state index in [1.165, 1.54) is 0 Å². The molecule has 1 fully saturated rings. The van der Waals surface area contributed by atoms with E-state index in [1.54, 1.807) is 18.2 Å². The molecule has 2 heterocycles. The van der Waals surface area contributed by atoms with Crippen molar-refractivity contribution in [3.63, 3.8) is 0 Å². The van der Waals surface area contributed by atoms with E-state index >= 15 is 0 Å². The zero-order valence-corrected chi connectivity index (χ0v) is 13.9. The van der Waals surface area contributed by atoms with Gasteiger partial charge in [-0.05, 0) is 19.2 Å². The van der Waals surface area contributed by atoms with Crippen LogP contribution in [-0.2, 0) is 16.0 Å². The predicted octanol–water partition coefficient (Wildman–Crippen LogP) is 0.570. The van der Waals surface area contributed by atoms with E-state index in [9.17, 15) is 4.79 Å². The molecule has 0 bridgehead atoms. The second-order valence-electron chi connectivity index (χ2n) is 5.68. The van der Waals surface area contributed by atoms with Gasteiger partial charge in [-0.1, -0.05) is 6.07 Å². The minimum Gasteiger partial charge on any atom is -0.383 e. The maximum atomic E-state index is 12.4. The Balaban J connectivity index is 1.85. The number of morpholine rings is 1. The Kier molecular flexibility index (Phi) is 7.25. The minimum atomic E-state index is -0.121. The number of carbonyl (C=O) groups is 1. The van der Waals surface area contributed by atoms with Crippen molar-refractivity contribution in [2.75, 3.05) is 53.6 Å². The molecule has 1 aromatic rings. The van der Waals surface area contributed by atoms with Gasteiger partial charge in [-0.15, -0.1) is 0 Å². The molecule has 1 saturated heterocycles. The first-order chi connectivity index (χ1) is 11.2. The van der Waals surface area contributed by atoms with Crippen LogP contribution in [0.2, 0.25) is 0 Å². The molecule has 1 atom stereocenters. The number of methoxy groups -OCH3 is 1. The largest absolute Gasteiger partial charge is 0.383 e. The maximum Gasteiger partial charge on any atom is 0.317 e. The van der Waals surface area contributed by atoms with E-state index in [2.05, 4.69) is 22.2 Å². The Morgan fingerprint density at radius 3 is 3.13 bits per heavy atom. The van der Waals surface area contributed by atoms with Crippen molar-refractivity contribution in [2.45, 2.75) is 12.6 Å². The number of urea groups is 1. The molecular weight excluding hydrogens is 296 g/mol. The SMILES string of the molecule is COCCN(Cc1ccccn1)C(=O)NCC1CN(C)CCO1. The van der Waals surface area contributed by atoms with Crippen molar-refractivity contribution < 1.29 is 14.3 Å². The number of amides is 2. The van der Waals surface area contributed by atoms with Gasteiger partial charge in [0.1, 0.15) is 0 Å². The van der Waals surface area contributed by atoms with E-state index in [1.807, 2.05) is 18.2 Å². The maximum absolute atomic E-state index is 12.4. The third-order valence-corrected chi connectivity index (χ3v) is 3.75. The summed E-state index contributed by atoms with van der Waals surface area (Å²) in [6.45, 7) is 4.45. The van der Waals surface area contributed by atoms with Crippen LogP contribution in [0.4, 0.5) is 4.79 Å².